The van der Waals surface area contributed by atoms with Gasteiger partial charge in [-0.3, -0.25) is 14.4 Å². The Balaban J connectivity index is 2.62. The molecule has 0 bridgehead atoms. The van der Waals surface area contributed by atoms with Crippen molar-refractivity contribution in [3.63, 3.8) is 0 Å². The van der Waals surface area contributed by atoms with Crippen LogP contribution in [0.4, 0.5) is 0 Å². The van der Waals surface area contributed by atoms with Crippen LogP contribution in [0.25, 0.3) is 0 Å². The van der Waals surface area contributed by atoms with Gasteiger partial charge in [-0.2, -0.15) is 0 Å². The number of ether oxygens (including phenoxy) is 2. The highest BCUT2D eigenvalue weighted by molar-refractivity contribution is 5.76. The zero-order chi connectivity index (χ0) is 49.8. The summed E-state index contributed by atoms with van der Waals surface area (Å²) >= 11 is 0. The van der Waals surface area contributed by atoms with Gasteiger partial charge in [0.2, 0.25) is 5.91 Å². The largest absolute Gasteiger partial charge is 0.465 e. The maximum absolute atomic E-state index is 13.4. The van der Waals surface area contributed by atoms with Crippen LogP contribution in [-0.2, 0) is 23.9 Å². The third kappa shape index (κ3) is 38.0. The minimum Gasteiger partial charge on any atom is -0.465 e. The Morgan fingerprint density at radius 2 is 0.809 bits per heavy atom. The van der Waals surface area contributed by atoms with Crippen LogP contribution in [0, 0.1) is 11.8 Å². The number of esters is 2. The van der Waals surface area contributed by atoms with Crippen molar-refractivity contribution in [3.8, 4) is 0 Å². The van der Waals surface area contributed by atoms with E-state index in [0.29, 0.717) is 83.3 Å². The van der Waals surface area contributed by atoms with Gasteiger partial charge in [0.05, 0.1) is 18.8 Å². The molecule has 1 amide bonds. The third-order valence-electron chi connectivity index (χ3n) is 14.8. The van der Waals surface area contributed by atoms with E-state index in [1.54, 1.807) is 0 Å². The third-order valence-corrected chi connectivity index (χ3v) is 14.8. The zero-order valence-corrected chi connectivity index (χ0v) is 46.2. The van der Waals surface area contributed by atoms with E-state index in [2.05, 4.69) is 32.6 Å². The van der Waals surface area contributed by atoms with Gasteiger partial charge in [-0.1, -0.05) is 195 Å². The standard InChI is InChI=1S/C59H115N3O6/c1-7-11-15-19-23-29-37-54(38-30-24-20-16-12-8-2)51-67-57(64)41-33-27-35-46-61(48-43-56(63)62-49-44-59(66,45-50-62)53-60(5)6)47-36-28-34-42-58(65)68-52-55(39-31-25-21-17-13-9-3)40-32-26-22-18-14-10-4/h54-55,66H,7-53H2,1-6H3. The molecule has 0 aromatic rings. The maximum atomic E-state index is 13.4. The quantitative estimate of drug-likeness (QED) is 0.0475. The summed E-state index contributed by atoms with van der Waals surface area (Å²) in [6.45, 7) is 14.6. The molecule has 0 aliphatic carbocycles. The Bertz CT molecular complexity index is 1070. The number of unbranched alkanes of at least 4 members (excludes halogenated alkanes) is 24. The van der Waals surface area contributed by atoms with Crippen LogP contribution in [0.5, 0.6) is 0 Å². The van der Waals surface area contributed by atoms with Gasteiger partial charge in [0.15, 0.2) is 0 Å². The molecule has 1 saturated heterocycles. The number of carbonyl (C=O) groups is 3. The molecule has 0 aromatic heterocycles. The first kappa shape index (κ1) is 64.3. The summed E-state index contributed by atoms with van der Waals surface area (Å²) in [5, 5.41) is 11.0. The average Bonchev–Trinajstić information content (AvgIpc) is 3.32. The molecule has 0 atom stereocenters. The summed E-state index contributed by atoms with van der Waals surface area (Å²) in [6.07, 6.45) is 44.1. The van der Waals surface area contributed by atoms with Gasteiger partial charge < -0.3 is 29.3 Å². The second-order valence-corrected chi connectivity index (χ2v) is 21.9. The molecule has 9 heteroatoms. The van der Waals surface area contributed by atoms with E-state index >= 15 is 0 Å². The molecular formula is C59H115N3O6. The highest BCUT2D eigenvalue weighted by Gasteiger charge is 2.34. The van der Waals surface area contributed by atoms with Gasteiger partial charge in [-0.05, 0) is 103 Å². The normalized spacial score (nSPS) is 14.0. The number of rotatable bonds is 49. The van der Waals surface area contributed by atoms with Crippen molar-refractivity contribution in [3.05, 3.63) is 0 Å². The number of hydrogen-bond donors (Lipinski definition) is 1. The van der Waals surface area contributed by atoms with Gasteiger partial charge in [-0.25, -0.2) is 0 Å². The molecule has 1 N–H and O–H groups in total. The molecule has 9 nitrogen and oxygen atoms in total. The Labute approximate surface area is 422 Å². The van der Waals surface area contributed by atoms with Crippen LogP contribution >= 0.6 is 0 Å². The molecule has 1 rings (SSSR count). The molecule has 0 spiro atoms. The van der Waals surface area contributed by atoms with E-state index in [0.717, 1.165) is 51.6 Å². The van der Waals surface area contributed by atoms with Gasteiger partial charge in [0, 0.05) is 45.4 Å². The summed E-state index contributed by atoms with van der Waals surface area (Å²) < 4.78 is 11.8. The molecule has 1 fully saturated rings. The number of amides is 1. The van der Waals surface area contributed by atoms with Crippen molar-refractivity contribution in [2.45, 2.75) is 284 Å². The number of aliphatic hydroxyl groups is 1. The van der Waals surface area contributed by atoms with Gasteiger partial charge >= 0.3 is 11.9 Å². The maximum Gasteiger partial charge on any atom is 0.305 e. The lowest BCUT2D eigenvalue weighted by molar-refractivity contribution is -0.146. The molecule has 1 aliphatic rings. The highest BCUT2D eigenvalue weighted by atomic mass is 16.5. The number of nitrogens with zero attached hydrogens (tertiary/aromatic N) is 3. The van der Waals surface area contributed by atoms with E-state index in [1.807, 2.05) is 23.9 Å². The van der Waals surface area contributed by atoms with Crippen LogP contribution in [0.3, 0.4) is 0 Å². The molecule has 1 aliphatic heterocycles. The van der Waals surface area contributed by atoms with E-state index in [9.17, 15) is 19.5 Å². The molecule has 0 saturated carbocycles. The summed E-state index contributed by atoms with van der Waals surface area (Å²) in [6, 6.07) is 0. The van der Waals surface area contributed by atoms with Crippen LogP contribution < -0.4 is 0 Å². The first-order valence-electron chi connectivity index (χ1n) is 29.7. The second kappa shape index (κ2) is 45.2. The van der Waals surface area contributed by atoms with Gasteiger partial charge in [0.25, 0.3) is 0 Å². The summed E-state index contributed by atoms with van der Waals surface area (Å²) in [5.41, 5.74) is -0.725. The predicted molar refractivity (Wildman–Crippen MR) is 288 cm³/mol. The average molecular weight is 963 g/mol. The minimum absolute atomic E-state index is 0.0491. The van der Waals surface area contributed by atoms with E-state index in [-0.39, 0.29) is 17.8 Å². The lowest BCUT2D eigenvalue weighted by Crippen LogP contribution is -2.51. The lowest BCUT2D eigenvalue weighted by atomic mass is 9.91. The van der Waals surface area contributed by atoms with Crippen molar-refractivity contribution < 1.29 is 29.0 Å². The fraction of sp³-hybridized carbons (Fsp3) is 0.949. The van der Waals surface area contributed by atoms with E-state index in [4.69, 9.17) is 9.47 Å². The predicted octanol–water partition coefficient (Wildman–Crippen LogP) is 15.0. The van der Waals surface area contributed by atoms with Crippen molar-refractivity contribution in [1.29, 1.82) is 0 Å². The highest BCUT2D eigenvalue weighted by Crippen LogP contribution is 2.25. The first-order valence-corrected chi connectivity index (χ1v) is 29.7. The summed E-state index contributed by atoms with van der Waals surface area (Å²) in [5.74, 6) is 1.04. The number of carbonyl (C=O) groups excluding carboxylic acids is 3. The summed E-state index contributed by atoms with van der Waals surface area (Å²) in [4.78, 5) is 45.6. The molecule has 0 radical (unpaired) electrons. The van der Waals surface area contributed by atoms with Gasteiger partial charge in [-0.15, -0.1) is 0 Å². The van der Waals surface area contributed by atoms with Crippen LogP contribution in [0.1, 0.15) is 278 Å². The van der Waals surface area contributed by atoms with E-state index in [1.165, 1.54) is 180 Å². The number of piperidine rings is 1. The van der Waals surface area contributed by atoms with Crippen molar-refractivity contribution >= 4 is 17.8 Å². The molecule has 0 aromatic carbocycles. The second-order valence-electron chi connectivity index (χ2n) is 21.9. The molecule has 1 heterocycles. The smallest absolute Gasteiger partial charge is 0.305 e. The monoisotopic (exact) mass is 962 g/mol. The van der Waals surface area contributed by atoms with Crippen molar-refractivity contribution in [2.24, 2.45) is 11.8 Å². The topological polar surface area (TPSA) is 99.6 Å². The van der Waals surface area contributed by atoms with Crippen molar-refractivity contribution in [2.75, 3.05) is 66.6 Å². The van der Waals surface area contributed by atoms with Gasteiger partial charge in [0.1, 0.15) is 0 Å². The molecule has 68 heavy (non-hydrogen) atoms. The summed E-state index contributed by atoms with van der Waals surface area (Å²) in [7, 11) is 3.97. The SMILES string of the molecule is CCCCCCCCC(CCCCCCCC)COC(=O)CCCCCN(CCCCCC(=O)OCC(CCCCCCCC)CCCCCCCC)CCC(=O)N1CCC(O)(CN(C)C)CC1. The zero-order valence-electron chi connectivity index (χ0n) is 46.2. The number of hydrogen-bond acceptors (Lipinski definition) is 8. The van der Waals surface area contributed by atoms with E-state index < -0.39 is 5.60 Å². The van der Waals surface area contributed by atoms with Crippen LogP contribution in [0.2, 0.25) is 0 Å². The Morgan fingerprint density at radius 1 is 0.471 bits per heavy atom. The molecule has 402 valence electrons. The number of likely N-dealkylation sites (tertiary alicyclic amines) is 1. The molecular weight excluding hydrogens is 847 g/mol. The fourth-order valence-electron chi connectivity index (χ4n) is 10.3. The Morgan fingerprint density at radius 3 is 1.16 bits per heavy atom. The van der Waals surface area contributed by atoms with Crippen LogP contribution in [0.15, 0.2) is 0 Å². The molecule has 0 unspecified atom stereocenters. The minimum atomic E-state index is -0.725. The van der Waals surface area contributed by atoms with Crippen molar-refractivity contribution in [1.82, 2.24) is 14.7 Å². The fourth-order valence-corrected chi connectivity index (χ4v) is 10.3. The Hall–Kier alpha value is -1.71. The Kier molecular flexibility index (Phi) is 42.7. The lowest BCUT2D eigenvalue weighted by Gasteiger charge is -2.39. The van der Waals surface area contributed by atoms with Crippen LogP contribution in [-0.4, -0.2) is 110 Å². The first-order chi connectivity index (χ1) is 33.0. The number of likely N-dealkylation sites (N-methyl/N-ethyl adjacent to an activating group) is 1.